The number of hydrogen-bond acceptors (Lipinski definition) is 7. The minimum absolute atomic E-state index is 0.0107. The van der Waals surface area contributed by atoms with E-state index >= 15 is 0 Å². The van der Waals surface area contributed by atoms with Crippen LogP contribution in [0.25, 0.3) is 10.8 Å². The van der Waals surface area contributed by atoms with Gasteiger partial charge < -0.3 is 20.6 Å². The highest BCUT2D eigenvalue weighted by Crippen LogP contribution is 2.25. The predicted octanol–water partition coefficient (Wildman–Crippen LogP) is 3.53. The van der Waals surface area contributed by atoms with Gasteiger partial charge in [0.15, 0.2) is 0 Å². The maximum absolute atomic E-state index is 12.1. The molecule has 8 heteroatoms. The number of benzene rings is 2. The first-order chi connectivity index (χ1) is 16.3. The molecule has 0 bridgehead atoms. The third-order valence-corrected chi connectivity index (χ3v) is 5.96. The second-order valence-electron chi connectivity index (χ2n) is 8.53. The first kappa shape index (κ1) is 23.0. The SMILES string of the molecule is CC(C)N(C)c1c(N[C@@H](Cc2ccc(Nc3nccc4ccccc34)cc2)C(=O)O)c(=O)c1=O. The molecule has 0 aliphatic rings. The summed E-state index contributed by atoms with van der Waals surface area (Å²) in [6.45, 7) is 3.78. The molecule has 1 atom stereocenters. The fourth-order valence-corrected chi connectivity index (χ4v) is 3.80. The number of pyridine rings is 1. The van der Waals surface area contributed by atoms with Gasteiger partial charge in [-0.15, -0.1) is 0 Å². The van der Waals surface area contributed by atoms with Gasteiger partial charge >= 0.3 is 5.97 Å². The molecule has 8 nitrogen and oxygen atoms in total. The molecule has 0 radical (unpaired) electrons. The highest BCUT2D eigenvalue weighted by molar-refractivity contribution is 5.93. The molecule has 4 rings (SSSR count). The number of aliphatic carboxylic acids is 1. The maximum atomic E-state index is 12.1. The quantitative estimate of drug-likeness (QED) is 0.327. The molecule has 0 saturated carbocycles. The van der Waals surface area contributed by atoms with Crippen molar-refractivity contribution in [3.63, 3.8) is 0 Å². The smallest absolute Gasteiger partial charge is 0.326 e. The summed E-state index contributed by atoms with van der Waals surface area (Å²) in [5, 5.41) is 17.9. The Morgan fingerprint density at radius 1 is 1.03 bits per heavy atom. The van der Waals surface area contributed by atoms with Crippen molar-refractivity contribution in [1.29, 1.82) is 0 Å². The van der Waals surface area contributed by atoms with Crippen molar-refractivity contribution in [2.24, 2.45) is 0 Å². The van der Waals surface area contributed by atoms with E-state index in [-0.39, 0.29) is 23.8 Å². The van der Waals surface area contributed by atoms with E-state index in [0.29, 0.717) is 0 Å². The molecule has 4 aromatic rings. The monoisotopic (exact) mass is 458 g/mol. The molecule has 1 aromatic heterocycles. The molecule has 3 aromatic carbocycles. The van der Waals surface area contributed by atoms with Crippen molar-refractivity contribution < 1.29 is 9.90 Å². The van der Waals surface area contributed by atoms with Gasteiger partial charge in [-0.25, -0.2) is 9.78 Å². The van der Waals surface area contributed by atoms with Crippen molar-refractivity contribution in [2.75, 3.05) is 22.6 Å². The van der Waals surface area contributed by atoms with Gasteiger partial charge in [0, 0.05) is 36.8 Å². The topological polar surface area (TPSA) is 112 Å². The average molecular weight is 459 g/mol. The molecule has 0 fully saturated rings. The zero-order valence-electron chi connectivity index (χ0n) is 19.2. The van der Waals surface area contributed by atoms with Gasteiger partial charge in [0.25, 0.3) is 10.9 Å². The Morgan fingerprint density at radius 3 is 2.41 bits per heavy atom. The van der Waals surface area contributed by atoms with Crippen molar-refractivity contribution in [1.82, 2.24) is 4.98 Å². The lowest BCUT2D eigenvalue weighted by Gasteiger charge is -2.28. The molecule has 0 aliphatic heterocycles. The summed E-state index contributed by atoms with van der Waals surface area (Å²) in [4.78, 5) is 42.2. The largest absolute Gasteiger partial charge is 0.480 e. The van der Waals surface area contributed by atoms with Gasteiger partial charge in [-0.05, 0) is 43.0 Å². The summed E-state index contributed by atoms with van der Waals surface area (Å²) in [5.74, 6) is -0.369. The number of nitrogens with one attached hydrogen (secondary N) is 2. The molecule has 174 valence electrons. The van der Waals surface area contributed by atoms with Gasteiger partial charge in [-0.2, -0.15) is 0 Å². The molecule has 0 spiro atoms. The predicted molar refractivity (Wildman–Crippen MR) is 135 cm³/mol. The summed E-state index contributed by atoms with van der Waals surface area (Å²) in [6.07, 6.45) is 1.89. The number of fused-ring (bicyclic) bond motifs is 1. The first-order valence-electron chi connectivity index (χ1n) is 11.0. The highest BCUT2D eigenvalue weighted by Gasteiger charge is 2.29. The molecule has 0 saturated heterocycles. The third-order valence-electron chi connectivity index (χ3n) is 5.96. The van der Waals surface area contributed by atoms with E-state index < -0.39 is 22.9 Å². The Balaban J connectivity index is 1.50. The fraction of sp³-hybridized carbons (Fsp3) is 0.231. The molecule has 3 N–H and O–H groups in total. The van der Waals surface area contributed by atoms with Gasteiger partial charge in [0.05, 0.1) is 0 Å². The first-order valence-corrected chi connectivity index (χ1v) is 11.0. The molecule has 1 heterocycles. The number of carboxylic acid groups (broad SMARTS) is 1. The molecule has 0 amide bonds. The zero-order valence-corrected chi connectivity index (χ0v) is 19.2. The molecular formula is C26H26N4O4. The van der Waals surface area contributed by atoms with E-state index in [4.69, 9.17) is 0 Å². The number of aromatic nitrogens is 1. The average Bonchev–Trinajstić information content (AvgIpc) is 2.83. The minimum Gasteiger partial charge on any atom is -0.480 e. The van der Waals surface area contributed by atoms with Crippen LogP contribution in [0.4, 0.5) is 22.9 Å². The lowest BCUT2D eigenvalue weighted by atomic mass is 10.0. The van der Waals surface area contributed by atoms with E-state index in [9.17, 15) is 19.5 Å². The number of anilines is 4. The van der Waals surface area contributed by atoms with E-state index in [2.05, 4.69) is 15.6 Å². The summed E-state index contributed by atoms with van der Waals surface area (Å²) in [5.41, 5.74) is 0.600. The van der Waals surface area contributed by atoms with Crippen LogP contribution in [0, 0.1) is 0 Å². The van der Waals surface area contributed by atoms with Gasteiger partial charge in [-0.3, -0.25) is 9.59 Å². The van der Waals surface area contributed by atoms with Crippen molar-refractivity contribution in [3.8, 4) is 0 Å². The number of rotatable bonds is 9. The van der Waals surface area contributed by atoms with Crippen LogP contribution < -0.4 is 26.4 Å². The second kappa shape index (κ2) is 9.35. The number of carbonyl (C=O) groups is 1. The Labute approximate surface area is 196 Å². The van der Waals surface area contributed by atoms with Crippen LogP contribution in [0.5, 0.6) is 0 Å². The number of hydrogen-bond donors (Lipinski definition) is 3. The van der Waals surface area contributed by atoms with Crippen LogP contribution in [0.15, 0.2) is 70.4 Å². The molecule has 34 heavy (non-hydrogen) atoms. The second-order valence-corrected chi connectivity index (χ2v) is 8.53. The van der Waals surface area contributed by atoms with Crippen LogP contribution in [0.1, 0.15) is 19.4 Å². The van der Waals surface area contributed by atoms with E-state index in [1.165, 1.54) is 0 Å². The Kier molecular flexibility index (Phi) is 6.32. The molecular weight excluding hydrogens is 432 g/mol. The minimum atomic E-state index is -1.10. The van der Waals surface area contributed by atoms with Crippen LogP contribution in [0.3, 0.4) is 0 Å². The van der Waals surface area contributed by atoms with E-state index in [1.807, 2.05) is 68.4 Å². The van der Waals surface area contributed by atoms with Crippen LogP contribution in [0.2, 0.25) is 0 Å². The Bertz CT molecular complexity index is 1400. The van der Waals surface area contributed by atoms with Gasteiger partial charge in [-0.1, -0.05) is 36.4 Å². The van der Waals surface area contributed by atoms with Gasteiger partial charge in [0.1, 0.15) is 23.2 Å². The molecule has 0 aliphatic carbocycles. The third kappa shape index (κ3) is 4.47. The Morgan fingerprint density at radius 2 is 1.74 bits per heavy atom. The van der Waals surface area contributed by atoms with Crippen molar-refractivity contribution in [2.45, 2.75) is 32.4 Å². The van der Waals surface area contributed by atoms with Crippen molar-refractivity contribution in [3.05, 3.63) is 86.8 Å². The zero-order chi connectivity index (χ0) is 24.4. The van der Waals surface area contributed by atoms with Gasteiger partial charge in [0.2, 0.25) is 0 Å². The van der Waals surface area contributed by atoms with Crippen LogP contribution in [-0.2, 0) is 11.2 Å². The summed E-state index contributed by atoms with van der Waals surface area (Å²) in [6, 6.07) is 16.2. The standard InChI is InChI=1S/C26H26N4O4/c1-15(2)30(3)22-21(23(31)24(22)32)29-20(26(33)34)14-16-8-10-18(11-9-16)28-25-19-7-5-4-6-17(19)12-13-27-25/h4-13,15,20,29H,14H2,1-3H3,(H,27,28)(H,33,34)/t20-/m0/s1. The normalized spacial score (nSPS) is 12.1. The number of nitrogens with zero attached hydrogens (tertiary/aromatic N) is 2. The molecule has 0 unspecified atom stereocenters. The fourth-order valence-electron chi connectivity index (χ4n) is 3.80. The summed E-state index contributed by atoms with van der Waals surface area (Å²) >= 11 is 0. The number of carboxylic acids is 1. The van der Waals surface area contributed by atoms with Crippen LogP contribution in [-0.4, -0.2) is 35.2 Å². The highest BCUT2D eigenvalue weighted by atomic mass is 16.4. The van der Waals surface area contributed by atoms with Crippen LogP contribution >= 0.6 is 0 Å². The lowest BCUT2D eigenvalue weighted by molar-refractivity contribution is -0.137. The van der Waals surface area contributed by atoms with E-state index in [1.54, 1.807) is 18.1 Å². The summed E-state index contributed by atoms with van der Waals surface area (Å²) < 4.78 is 0. The summed E-state index contributed by atoms with van der Waals surface area (Å²) in [7, 11) is 1.71. The lowest BCUT2D eigenvalue weighted by Crippen LogP contribution is -2.46. The maximum Gasteiger partial charge on any atom is 0.326 e. The van der Waals surface area contributed by atoms with E-state index in [0.717, 1.165) is 27.8 Å². The Hall–Kier alpha value is -4.20. The van der Waals surface area contributed by atoms with Crippen molar-refractivity contribution >= 4 is 39.6 Å².